The van der Waals surface area contributed by atoms with Gasteiger partial charge in [0.05, 0.1) is 5.41 Å². The zero-order chi connectivity index (χ0) is 9.19. The standard InChI is InChI=1S/C9H16O3/c1-7(6-12-2)9(8(10)11)4-3-5-9/h7H,3-6H2,1-2H3,(H,10,11). The van der Waals surface area contributed by atoms with E-state index >= 15 is 0 Å². The molecule has 1 N–H and O–H groups in total. The summed E-state index contributed by atoms with van der Waals surface area (Å²) in [4.78, 5) is 11.0. The predicted molar refractivity (Wildman–Crippen MR) is 45.0 cm³/mol. The van der Waals surface area contributed by atoms with Gasteiger partial charge in [-0.25, -0.2) is 0 Å². The maximum Gasteiger partial charge on any atom is 0.309 e. The van der Waals surface area contributed by atoms with Crippen molar-refractivity contribution in [3.05, 3.63) is 0 Å². The van der Waals surface area contributed by atoms with Gasteiger partial charge in [0, 0.05) is 13.7 Å². The topological polar surface area (TPSA) is 46.5 Å². The van der Waals surface area contributed by atoms with Crippen LogP contribution in [0.1, 0.15) is 26.2 Å². The van der Waals surface area contributed by atoms with Crippen molar-refractivity contribution >= 4 is 5.97 Å². The van der Waals surface area contributed by atoms with E-state index in [0.717, 1.165) is 19.3 Å². The summed E-state index contributed by atoms with van der Waals surface area (Å²) in [7, 11) is 1.62. The molecule has 3 heteroatoms. The van der Waals surface area contributed by atoms with Gasteiger partial charge in [0.25, 0.3) is 0 Å². The number of carboxylic acid groups (broad SMARTS) is 1. The highest BCUT2D eigenvalue weighted by Gasteiger charge is 2.48. The van der Waals surface area contributed by atoms with E-state index in [1.54, 1.807) is 7.11 Å². The van der Waals surface area contributed by atoms with Crippen LogP contribution in [0.2, 0.25) is 0 Å². The second-order valence-electron chi connectivity index (χ2n) is 3.67. The second kappa shape index (κ2) is 3.44. The number of hydrogen-bond acceptors (Lipinski definition) is 2. The zero-order valence-corrected chi connectivity index (χ0v) is 7.67. The lowest BCUT2D eigenvalue weighted by atomic mass is 9.62. The van der Waals surface area contributed by atoms with E-state index in [-0.39, 0.29) is 5.92 Å². The summed E-state index contributed by atoms with van der Waals surface area (Å²) in [6.45, 7) is 2.50. The molecule has 0 spiro atoms. The first-order chi connectivity index (χ1) is 5.63. The van der Waals surface area contributed by atoms with Gasteiger partial charge in [0.2, 0.25) is 0 Å². The summed E-state index contributed by atoms with van der Waals surface area (Å²) in [5, 5.41) is 9.03. The number of ether oxygens (including phenoxy) is 1. The first-order valence-electron chi connectivity index (χ1n) is 4.36. The smallest absolute Gasteiger partial charge is 0.309 e. The molecule has 0 radical (unpaired) electrons. The van der Waals surface area contributed by atoms with Crippen LogP contribution in [-0.4, -0.2) is 24.8 Å². The lowest BCUT2D eigenvalue weighted by Gasteiger charge is -2.42. The minimum atomic E-state index is -0.654. The van der Waals surface area contributed by atoms with Crippen LogP contribution in [0.4, 0.5) is 0 Å². The van der Waals surface area contributed by atoms with E-state index in [1.807, 2.05) is 6.92 Å². The SMILES string of the molecule is COCC(C)C1(C(=O)O)CCC1. The van der Waals surface area contributed by atoms with Gasteiger partial charge in [-0.15, -0.1) is 0 Å². The maximum absolute atomic E-state index is 11.0. The molecule has 0 heterocycles. The fourth-order valence-corrected chi connectivity index (χ4v) is 1.88. The largest absolute Gasteiger partial charge is 0.481 e. The molecule has 0 amide bonds. The number of rotatable bonds is 4. The maximum atomic E-state index is 11.0. The Morgan fingerprint density at radius 2 is 2.25 bits per heavy atom. The molecular weight excluding hydrogens is 156 g/mol. The average Bonchev–Trinajstić information content (AvgIpc) is 1.83. The molecule has 12 heavy (non-hydrogen) atoms. The molecule has 70 valence electrons. The number of carbonyl (C=O) groups is 1. The van der Waals surface area contributed by atoms with Crippen molar-refractivity contribution in [2.24, 2.45) is 11.3 Å². The Morgan fingerprint density at radius 3 is 2.50 bits per heavy atom. The molecule has 1 saturated carbocycles. The van der Waals surface area contributed by atoms with E-state index in [4.69, 9.17) is 9.84 Å². The fraction of sp³-hybridized carbons (Fsp3) is 0.889. The molecular formula is C9H16O3. The molecule has 1 aliphatic rings. The van der Waals surface area contributed by atoms with Gasteiger partial charge in [-0.05, 0) is 18.8 Å². The van der Waals surface area contributed by atoms with Crippen LogP contribution in [0.25, 0.3) is 0 Å². The molecule has 0 aromatic carbocycles. The van der Waals surface area contributed by atoms with Gasteiger partial charge in [-0.3, -0.25) is 4.79 Å². The van der Waals surface area contributed by atoms with Crippen molar-refractivity contribution in [2.45, 2.75) is 26.2 Å². The number of aliphatic carboxylic acids is 1. The summed E-state index contributed by atoms with van der Waals surface area (Å²) in [6.07, 6.45) is 2.67. The summed E-state index contributed by atoms with van der Waals surface area (Å²) in [5.41, 5.74) is -0.476. The van der Waals surface area contributed by atoms with Crippen molar-refractivity contribution in [1.82, 2.24) is 0 Å². The van der Waals surface area contributed by atoms with Crippen LogP contribution in [0.15, 0.2) is 0 Å². The average molecular weight is 172 g/mol. The molecule has 1 atom stereocenters. The van der Waals surface area contributed by atoms with E-state index in [1.165, 1.54) is 0 Å². The van der Waals surface area contributed by atoms with Crippen LogP contribution in [0, 0.1) is 11.3 Å². The minimum Gasteiger partial charge on any atom is -0.481 e. The zero-order valence-electron chi connectivity index (χ0n) is 7.67. The highest BCUT2D eigenvalue weighted by atomic mass is 16.5. The number of carboxylic acids is 1. The fourth-order valence-electron chi connectivity index (χ4n) is 1.88. The predicted octanol–water partition coefficient (Wildman–Crippen LogP) is 1.52. The van der Waals surface area contributed by atoms with Crippen molar-refractivity contribution in [3.8, 4) is 0 Å². The first-order valence-corrected chi connectivity index (χ1v) is 4.36. The normalized spacial score (nSPS) is 22.8. The highest BCUT2D eigenvalue weighted by molar-refractivity contribution is 5.76. The van der Waals surface area contributed by atoms with Crippen LogP contribution in [-0.2, 0) is 9.53 Å². The third-order valence-electron chi connectivity index (χ3n) is 3.03. The first kappa shape index (κ1) is 9.52. The third-order valence-corrected chi connectivity index (χ3v) is 3.03. The van der Waals surface area contributed by atoms with Gasteiger partial charge < -0.3 is 9.84 Å². The lowest BCUT2D eigenvalue weighted by Crippen LogP contribution is -2.45. The molecule has 1 unspecified atom stereocenters. The van der Waals surface area contributed by atoms with Crippen LogP contribution >= 0.6 is 0 Å². The summed E-state index contributed by atoms with van der Waals surface area (Å²) in [5.74, 6) is -0.521. The molecule has 0 bridgehead atoms. The van der Waals surface area contributed by atoms with Gasteiger partial charge in [-0.2, -0.15) is 0 Å². The van der Waals surface area contributed by atoms with Gasteiger partial charge in [-0.1, -0.05) is 13.3 Å². The molecule has 0 aromatic heterocycles. The number of hydrogen-bond donors (Lipinski definition) is 1. The van der Waals surface area contributed by atoms with Crippen LogP contribution in [0.5, 0.6) is 0 Å². The molecule has 1 aliphatic carbocycles. The summed E-state index contributed by atoms with van der Waals surface area (Å²) < 4.78 is 4.97. The molecule has 1 rings (SSSR count). The molecule has 0 aromatic rings. The van der Waals surface area contributed by atoms with Crippen molar-refractivity contribution < 1.29 is 14.6 Å². The Hall–Kier alpha value is -0.570. The van der Waals surface area contributed by atoms with Crippen LogP contribution < -0.4 is 0 Å². The van der Waals surface area contributed by atoms with Crippen molar-refractivity contribution in [2.75, 3.05) is 13.7 Å². The van der Waals surface area contributed by atoms with E-state index in [0.29, 0.717) is 6.61 Å². The lowest BCUT2D eigenvalue weighted by molar-refractivity contribution is -0.161. The number of methoxy groups -OCH3 is 1. The quantitative estimate of drug-likeness (QED) is 0.699. The molecule has 1 fully saturated rings. The van der Waals surface area contributed by atoms with Gasteiger partial charge >= 0.3 is 5.97 Å². The Labute approximate surface area is 72.7 Å². The van der Waals surface area contributed by atoms with Crippen LogP contribution in [0.3, 0.4) is 0 Å². The van der Waals surface area contributed by atoms with E-state index < -0.39 is 11.4 Å². The van der Waals surface area contributed by atoms with Gasteiger partial charge in [0.1, 0.15) is 0 Å². The van der Waals surface area contributed by atoms with Crippen molar-refractivity contribution in [1.29, 1.82) is 0 Å². The highest BCUT2D eigenvalue weighted by Crippen LogP contribution is 2.47. The molecule has 3 nitrogen and oxygen atoms in total. The minimum absolute atomic E-state index is 0.133. The van der Waals surface area contributed by atoms with Crippen molar-refractivity contribution in [3.63, 3.8) is 0 Å². The summed E-state index contributed by atoms with van der Waals surface area (Å²) >= 11 is 0. The Kier molecular flexibility index (Phi) is 2.73. The second-order valence-corrected chi connectivity index (χ2v) is 3.67. The van der Waals surface area contributed by atoms with E-state index in [9.17, 15) is 4.79 Å². The third kappa shape index (κ3) is 1.33. The molecule has 0 aliphatic heterocycles. The van der Waals surface area contributed by atoms with Gasteiger partial charge in [0.15, 0.2) is 0 Å². The Morgan fingerprint density at radius 1 is 1.67 bits per heavy atom. The van der Waals surface area contributed by atoms with E-state index in [2.05, 4.69) is 0 Å². The monoisotopic (exact) mass is 172 g/mol. The summed E-state index contributed by atoms with van der Waals surface area (Å²) in [6, 6.07) is 0. The Balaban J connectivity index is 2.60. The molecule has 0 saturated heterocycles. The Bertz CT molecular complexity index is 173.